The number of benzene rings is 1. The summed E-state index contributed by atoms with van der Waals surface area (Å²) in [5.74, 6) is -1.11. The lowest BCUT2D eigenvalue weighted by atomic mass is 10.1. The van der Waals surface area contributed by atoms with Crippen LogP contribution in [-0.4, -0.2) is 65.7 Å². The van der Waals surface area contributed by atoms with Crippen molar-refractivity contribution in [2.45, 2.75) is 24.5 Å². The van der Waals surface area contributed by atoms with Crippen molar-refractivity contribution in [1.82, 2.24) is 31.8 Å². The monoisotopic (exact) mass is 486 g/mol. The van der Waals surface area contributed by atoms with Gasteiger partial charge in [0, 0.05) is 5.56 Å². The van der Waals surface area contributed by atoms with E-state index in [-0.39, 0.29) is 29.0 Å². The number of carboxylic acid groups (broad SMARTS) is 1. The average Bonchev–Trinajstić information content (AvgIpc) is 3.27. The summed E-state index contributed by atoms with van der Waals surface area (Å²) in [5, 5.41) is 29.7. The molecule has 1 aliphatic rings. The first-order valence-corrected chi connectivity index (χ1v) is 10.3. The number of hydrogen-bond donors (Lipinski definition) is 5. The minimum atomic E-state index is -5.29. The lowest BCUT2D eigenvalue weighted by molar-refractivity contribution is -0.343. The molecule has 2 aromatic heterocycles. The Morgan fingerprint density at radius 2 is 1.91 bits per heavy atom. The van der Waals surface area contributed by atoms with E-state index in [0.717, 1.165) is 0 Å². The van der Waals surface area contributed by atoms with Gasteiger partial charge in [0.2, 0.25) is 0 Å². The highest BCUT2D eigenvalue weighted by Gasteiger charge is 2.44. The molecule has 4 atom stereocenters. The quantitative estimate of drug-likeness (QED) is 0.273. The summed E-state index contributed by atoms with van der Waals surface area (Å²) in [6.07, 6.45) is -3.05. The van der Waals surface area contributed by atoms with Gasteiger partial charge >= 0.3 is 5.97 Å². The molecule has 1 aliphatic heterocycles. The van der Waals surface area contributed by atoms with Gasteiger partial charge in [-0.05, 0) is 12.1 Å². The third kappa shape index (κ3) is 5.22. The molecule has 0 unspecified atom stereocenters. The first-order valence-electron chi connectivity index (χ1n) is 8.85. The Morgan fingerprint density at radius 1 is 1.18 bits per heavy atom. The molecule has 1 fully saturated rings. The molecule has 0 radical (unpaired) electrons. The topological polar surface area (TPSA) is 276 Å². The zero-order valence-electron chi connectivity index (χ0n) is 17.5. The lowest BCUT2D eigenvalue weighted by Crippen LogP contribution is -2.34. The van der Waals surface area contributed by atoms with Gasteiger partial charge < -0.3 is 51.2 Å². The van der Waals surface area contributed by atoms with Gasteiger partial charge in [-0.15, -0.1) is 0 Å². The molecule has 33 heavy (non-hydrogen) atoms. The summed E-state index contributed by atoms with van der Waals surface area (Å²) in [5.41, 5.74) is 1.34. The average molecular weight is 486 g/mol. The minimum absolute atomic E-state index is 0. The van der Waals surface area contributed by atoms with Crippen molar-refractivity contribution in [2.24, 2.45) is 0 Å². The number of imidazole rings is 1. The zero-order chi connectivity index (χ0) is 22.3. The molecule has 16 heteroatoms. The molecule has 0 saturated carbocycles. The second kappa shape index (κ2) is 9.96. The van der Waals surface area contributed by atoms with E-state index >= 15 is 0 Å². The Morgan fingerprint density at radius 3 is 2.58 bits per heavy atom. The molecule has 180 valence electrons. The molecule has 3 aromatic rings. The summed E-state index contributed by atoms with van der Waals surface area (Å²) in [7, 11) is -5.29. The smallest absolute Gasteiger partial charge is 0.335 e. The number of phosphoric acid groups is 1. The fraction of sp³-hybridized carbons (Fsp3) is 0.294. The molecule has 0 bridgehead atoms. The van der Waals surface area contributed by atoms with Gasteiger partial charge in [-0.25, -0.2) is 19.7 Å². The number of rotatable bonds is 6. The van der Waals surface area contributed by atoms with Crippen molar-refractivity contribution in [3.05, 3.63) is 42.5 Å². The Kier molecular flexibility index (Phi) is 7.97. The van der Waals surface area contributed by atoms with Crippen LogP contribution in [0, 0.1) is 0 Å². The fourth-order valence-corrected chi connectivity index (χ4v) is 3.64. The number of aliphatic hydroxyl groups excluding tert-OH is 2. The van der Waals surface area contributed by atoms with Crippen LogP contribution in [0.4, 0.5) is 0 Å². The number of fused-ring (bicyclic) bond motifs is 1. The fourth-order valence-electron chi connectivity index (χ4n) is 3.31. The minimum Gasteiger partial charge on any atom is -0.790 e. The van der Waals surface area contributed by atoms with Gasteiger partial charge in [0.1, 0.15) is 35.8 Å². The largest absolute Gasteiger partial charge is 0.790 e. The number of phosphoric ester groups is 1. The molecule has 0 amide bonds. The van der Waals surface area contributed by atoms with Crippen LogP contribution in [0.1, 0.15) is 16.6 Å². The molecular formula is C17H23N6O9P. The number of carbonyl (C=O) groups is 1. The molecule has 11 N–H and O–H groups in total. The molecular weight excluding hydrogens is 463 g/mol. The van der Waals surface area contributed by atoms with Crippen LogP contribution in [0.2, 0.25) is 0 Å². The summed E-state index contributed by atoms with van der Waals surface area (Å²) in [6.45, 7) is -0.770. The van der Waals surface area contributed by atoms with E-state index < -0.39 is 44.9 Å². The SMILES string of the molecule is O=C(O)c1cccc(-c2ncnc3c2ncn3[C@@H]2O[C@H](COP(=O)([O-])[O-])[C@@H](O)[C@H]2O)c1.[NH4+].[NH4+]. The van der Waals surface area contributed by atoms with Gasteiger partial charge in [-0.3, -0.25) is 4.57 Å². The number of aliphatic hydroxyl groups is 2. The summed E-state index contributed by atoms with van der Waals surface area (Å²) in [6, 6.07) is 6.05. The van der Waals surface area contributed by atoms with Crippen LogP contribution in [0.5, 0.6) is 0 Å². The van der Waals surface area contributed by atoms with Gasteiger partial charge in [-0.2, -0.15) is 0 Å². The maximum Gasteiger partial charge on any atom is 0.335 e. The molecule has 3 heterocycles. The van der Waals surface area contributed by atoms with E-state index in [4.69, 9.17) is 4.74 Å². The lowest BCUT2D eigenvalue weighted by Gasteiger charge is -2.30. The van der Waals surface area contributed by atoms with E-state index in [1.807, 2.05) is 0 Å². The second-order valence-electron chi connectivity index (χ2n) is 6.72. The van der Waals surface area contributed by atoms with Crippen molar-refractivity contribution in [3.8, 4) is 11.3 Å². The van der Waals surface area contributed by atoms with E-state index in [1.165, 1.54) is 29.4 Å². The van der Waals surface area contributed by atoms with Crippen LogP contribution in [0.25, 0.3) is 22.4 Å². The van der Waals surface area contributed by atoms with Gasteiger partial charge in [0.05, 0.1) is 26.3 Å². The number of carboxylic acids is 1. The number of quaternary nitrogens is 2. The van der Waals surface area contributed by atoms with E-state index in [2.05, 4.69) is 19.5 Å². The van der Waals surface area contributed by atoms with Crippen LogP contribution >= 0.6 is 7.82 Å². The highest BCUT2D eigenvalue weighted by atomic mass is 31.2. The highest BCUT2D eigenvalue weighted by molar-refractivity contribution is 7.43. The normalized spacial score (nSPS) is 22.5. The summed E-state index contributed by atoms with van der Waals surface area (Å²) < 4.78 is 21.6. The third-order valence-corrected chi connectivity index (χ3v) is 5.22. The Balaban J connectivity index is 0.00000193. The maximum atomic E-state index is 11.3. The predicted molar refractivity (Wildman–Crippen MR) is 109 cm³/mol. The number of hydrogen-bond acceptors (Lipinski definition) is 11. The van der Waals surface area contributed by atoms with Crippen molar-refractivity contribution >= 4 is 25.0 Å². The van der Waals surface area contributed by atoms with E-state index in [9.17, 15) is 34.5 Å². The Bertz CT molecular complexity index is 1180. The zero-order valence-corrected chi connectivity index (χ0v) is 18.4. The second-order valence-corrected chi connectivity index (χ2v) is 7.87. The molecule has 4 rings (SSSR count). The molecule has 1 saturated heterocycles. The number of ether oxygens (including phenoxy) is 1. The standard InChI is InChI=1S/C17H17N4O9P.2H3N/c22-13-10(5-29-31(26,27)28)30-16(14(13)23)21-7-20-12-11(18-6-19-15(12)21)8-2-1-3-9(4-8)17(24)25;;/h1-4,6-7,10,13-14,16,22-23H,5H2,(H,24,25)(H2,26,27,28);2*1H3/t10-,13-,14-,16-;;/m1../s1. The number of aromatic carboxylic acids is 1. The molecule has 0 spiro atoms. The first-order chi connectivity index (χ1) is 14.7. The van der Waals surface area contributed by atoms with E-state index in [0.29, 0.717) is 11.3 Å². The van der Waals surface area contributed by atoms with Crippen molar-refractivity contribution in [3.63, 3.8) is 0 Å². The van der Waals surface area contributed by atoms with Gasteiger partial charge in [0.15, 0.2) is 11.9 Å². The molecule has 0 aliphatic carbocycles. The highest BCUT2D eigenvalue weighted by Crippen LogP contribution is 2.35. The predicted octanol–water partition coefficient (Wildman–Crippen LogP) is -0.592. The number of nitrogens with zero attached hydrogens (tertiary/aromatic N) is 4. The number of aromatic nitrogens is 4. The Labute approximate surface area is 186 Å². The molecule has 15 nitrogen and oxygen atoms in total. The first kappa shape index (κ1) is 26.4. The Hall–Kier alpha value is -2.85. The van der Waals surface area contributed by atoms with Crippen molar-refractivity contribution < 1.29 is 43.7 Å². The van der Waals surface area contributed by atoms with Crippen LogP contribution in [0.3, 0.4) is 0 Å². The summed E-state index contributed by atoms with van der Waals surface area (Å²) >= 11 is 0. The van der Waals surface area contributed by atoms with Gasteiger partial charge in [0.25, 0.3) is 0 Å². The maximum absolute atomic E-state index is 11.3. The van der Waals surface area contributed by atoms with Crippen molar-refractivity contribution in [2.75, 3.05) is 6.61 Å². The van der Waals surface area contributed by atoms with Crippen molar-refractivity contribution in [1.29, 1.82) is 0 Å². The van der Waals surface area contributed by atoms with Crippen LogP contribution < -0.4 is 22.1 Å². The van der Waals surface area contributed by atoms with Gasteiger partial charge in [-0.1, -0.05) is 12.1 Å². The van der Waals surface area contributed by atoms with Crippen LogP contribution in [0.15, 0.2) is 36.9 Å². The third-order valence-electron chi connectivity index (χ3n) is 4.75. The molecule has 1 aromatic carbocycles. The van der Waals surface area contributed by atoms with E-state index in [1.54, 1.807) is 12.1 Å². The van der Waals surface area contributed by atoms with Crippen LogP contribution in [-0.2, 0) is 13.8 Å². The summed E-state index contributed by atoms with van der Waals surface area (Å²) in [4.78, 5) is 45.1.